The fraction of sp³-hybridized carbons (Fsp3) is 0.250. The number of hydrogen-bond acceptors (Lipinski definition) is 4. The first-order chi connectivity index (χ1) is 6.79. The molecule has 15 heavy (non-hydrogen) atoms. The molecule has 82 valence electrons. The van der Waals surface area contributed by atoms with E-state index in [1.807, 2.05) is 0 Å². The second-order valence-corrected chi connectivity index (χ2v) is 5.71. The maximum Gasteiger partial charge on any atom is 0.306 e. The minimum absolute atomic E-state index is 0.137. The van der Waals surface area contributed by atoms with Gasteiger partial charge in [-0.25, -0.2) is 4.21 Å². The topological polar surface area (TPSA) is 72.6 Å². The number of nitro benzene ring substituents is 1. The molecule has 0 heterocycles. The molecule has 1 aromatic rings. The molecule has 0 saturated heterocycles. The van der Waals surface area contributed by atoms with Crippen LogP contribution in [-0.4, -0.2) is 21.6 Å². The summed E-state index contributed by atoms with van der Waals surface area (Å²) in [6.07, 6.45) is 2.78. The van der Waals surface area contributed by atoms with Gasteiger partial charge in [-0.2, -0.15) is 8.75 Å². The average molecular weight is 232 g/mol. The van der Waals surface area contributed by atoms with Crippen molar-refractivity contribution in [1.82, 2.24) is 0 Å². The third-order valence-corrected chi connectivity index (χ3v) is 2.10. The molecule has 0 radical (unpaired) electrons. The van der Waals surface area contributed by atoms with Crippen molar-refractivity contribution in [3.05, 3.63) is 34.1 Å². The van der Waals surface area contributed by atoms with Crippen molar-refractivity contribution >= 4 is 21.1 Å². The van der Waals surface area contributed by atoms with Crippen molar-refractivity contribution in [3.63, 3.8) is 0 Å². The predicted molar refractivity (Wildman–Crippen MR) is 55.1 cm³/mol. The zero-order valence-electron chi connectivity index (χ0n) is 8.14. The maximum atomic E-state index is 12.9. The summed E-state index contributed by atoms with van der Waals surface area (Å²) < 4.78 is 27.9. The molecule has 0 aliphatic heterocycles. The first kappa shape index (κ1) is 11.6. The summed E-state index contributed by atoms with van der Waals surface area (Å²) in [5, 5.41) is 10.4. The van der Waals surface area contributed by atoms with Gasteiger partial charge in [-0.15, -0.1) is 0 Å². The Kier molecular flexibility index (Phi) is 3.04. The molecule has 7 heteroatoms. The summed E-state index contributed by atoms with van der Waals surface area (Å²) in [5.74, 6) is -0.933. The summed E-state index contributed by atoms with van der Waals surface area (Å²) in [6, 6.07) is 3.14. The van der Waals surface area contributed by atoms with Gasteiger partial charge in [-0.05, 0) is 12.1 Å². The van der Waals surface area contributed by atoms with Crippen LogP contribution in [0.15, 0.2) is 22.6 Å². The van der Waals surface area contributed by atoms with E-state index < -0.39 is 26.2 Å². The number of nitro groups is 1. The van der Waals surface area contributed by atoms with E-state index in [-0.39, 0.29) is 5.69 Å². The van der Waals surface area contributed by atoms with Crippen LogP contribution in [-0.2, 0) is 9.73 Å². The third-order valence-electron chi connectivity index (χ3n) is 1.45. The van der Waals surface area contributed by atoms with Gasteiger partial charge < -0.3 is 0 Å². The molecule has 0 saturated carbocycles. The second kappa shape index (κ2) is 3.93. The molecule has 1 rings (SSSR count). The molecule has 5 nitrogen and oxygen atoms in total. The fourth-order valence-corrected chi connectivity index (χ4v) is 1.57. The molecule has 0 aliphatic rings. The van der Waals surface area contributed by atoms with Crippen molar-refractivity contribution < 1.29 is 13.5 Å². The summed E-state index contributed by atoms with van der Waals surface area (Å²) >= 11 is 0. The molecule has 0 fully saturated rings. The van der Waals surface area contributed by atoms with Crippen LogP contribution < -0.4 is 0 Å². The lowest BCUT2D eigenvalue weighted by molar-refractivity contribution is -0.387. The zero-order valence-corrected chi connectivity index (χ0v) is 8.95. The summed E-state index contributed by atoms with van der Waals surface area (Å²) in [4.78, 5) is 9.55. The smallest absolute Gasteiger partial charge is 0.258 e. The monoisotopic (exact) mass is 232 g/mol. The van der Waals surface area contributed by atoms with E-state index >= 15 is 0 Å². The van der Waals surface area contributed by atoms with E-state index in [2.05, 4.69) is 4.36 Å². The molecule has 0 atom stereocenters. The molecule has 0 spiro atoms. The number of rotatable bonds is 2. The van der Waals surface area contributed by atoms with Gasteiger partial charge in [0.25, 0.3) is 0 Å². The average Bonchev–Trinajstić information content (AvgIpc) is 2.05. The fourth-order valence-electron chi connectivity index (χ4n) is 0.952. The molecule has 0 aromatic heterocycles. The van der Waals surface area contributed by atoms with Crippen LogP contribution in [0.3, 0.4) is 0 Å². The van der Waals surface area contributed by atoms with E-state index in [0.717, 1.165) is 12.1 Å². The first-order valence-electron chi connectivity index (χ1n) is 3.91. The lowest BCUT2D eigenvalue weighted by Gasteiger charge is -1.97. The molecule has 0 N–H and O–H groups in total. The van der Waals surface area contributed by atoms with Gasteiger partial charge in [-0.3, -0.25) is 10.1 Å². The third kappa shape index (κ3) is 3.28. The van der Waals surface area contributed by atoms with Gasteiger partial charge in [0.2, 0.25) is 5.82 Å². The van der Waals surface area contributed by atoms with Gasteiger partial charge in [0.15, 0.2) is 0 Å². The largest absolute Gasteiger partial charge is 0.306 e. The number of hydrogen-bond donors (Lipinski definition) is 0. The van der Waals surface area contributed by atoms with E-state index in [1.54, 1.807) is 0 Å². The Balaban J connectivity index is 3.32. The number of halogens is 1. The summed E-state index contributed by atoms with van der Waals surface area (Å²) in [5.41, 5.74) is -0.530. The van der Waals surface area contributed by atoms with Crippen molar-refractivity contribution in [2.45, 2.75) is 0 Å². The molecule has 0 unspecified atom stereocenters. The van der Waals surface area contributed by atoms with Gasteiger partial charge in [0, 0.05) is 28.3 Å². The Morgan fingerprint density at radius 2 is 2.07 bits per heavy atom. The summed E-state index contributed by atoms with van der Waals surface area (Å²) in [6.45, 7) is 0. The van der Waals surface area contributed by atoms with Gasteiger partial charge in [0.1, 0.15) is 0 Å². The molecule has 1 aromatic carbocycles. The Morgan fingerprint density at radius 3 is 2.53 bits per heavy atom. The molecule has 0 aliphatic carbocycles. The van der Waals surface area contributed by atoms with Gasteiger partial charge >= 0.3 is 5.69 Å². The quantitative estimate of drug-likeness (QED) is 0.579. The minimum atomic E-state index is -2.40. The molecule has 0 amide bonds. The van der Waals surface area contributed by atoms with Crippen LogP contribution in [0.1, 0.15) is 0 Å². The van der Waals surface area contributed by atoms with E-state index in [0.29, 0.717) is 0 Å². The number of benzene rings is 1. The molecular weight excluding hydrogens is 223 g/mol. The highest BCUT2D eigenvalue weighted by atomic mass is 32.2. The van der Waals surface area contributed by atoms with Crippen LogP contribution in [0.4, 0.5) is 15.8 Å². The summed E-state index contributed by atoms with van der Waals surface area (Å²) in [7, 11) is -2.40. The van der Waals surface area contributed by atoms with Crippen molar-refractivity contribution in [1.29, 1.82) is 0 Å². The van der Waals surface area contributed by atoms with E-state index in [9.17, 15) is 18.7 Å². The second-order valence-electron chi connectivity index (χ2n) is 3.17. The zero-order chi connectivity index (χ0) is 11.6. The number of nitrogens with zero attached hydrogens (tertiary/aromatic N) is 2. The molecular formula is C8H9FN2O3S. The maximum absolute atomic E-state index is 12.9. The highest BCUT2D eigenvalue weighted by molar-refractivity contribution is 7.92. The Bertz CT molecular complexity index is 513. The van der Waals surface area contributed by atoms with Crippen molar-refractivity contribution in [2.75, 3.05) is 12.5 Å². The van der Waals surface area contributed by atoms with Crippen LogP contribution in [0, 0.1) is 15.9 Å². The van der Waals surface area contributed by atoms with Gasteiger partial charge in [-0.1, -0.05) is 0 Å². The SMILES string of the molecule is CS(C)(=O)=Nc1ccc(F)c([N+](=O)[O-])c1. The Morgan fingerprint density at radius 1 is 1.47 bits per heavy atom. The van der Waals surface area contributed by atoms with Crippen molar-refractivity contribution in [2.24, 2.45) is 4.36 Å². The normalized spacial score (nSPS) is 11.1. The van der Waals surface area contributed by atoms with Crippen LogP contribution in [0.25, 0.3) is 0 Å². The van der Waals surface area contributed by atoms with E-state index in [4.69, 9.17) is 0 Å². The van der Waals surface area contributed by atoms with Crippen LogP contribution in [0.5, 0.6) is 0 Å². The Labute approximate surface area is 86.3 Å². The lowest BCUT2D eigenvalue weighted by atomic mass is 10.3. The highest BCUT2D eigenvalue weighted by Gasteiger charge is 2.14. The van der Waals surface area contributed by atoms with Crippen LogP contribution in [0.2, 0.25) is 0 Å². The first-order valence-corrected chi connectivity index (χ1v) is 6.24. The standard InChI is InChI=1S/C8H9FN2O3S/c1-15(2,14)10-6-3-4-7(9)8(5-6)11(12)13/h3-5H,1-2H3. The minimum Gasteiger partial charge on any atom is -0.258 e. The van der Waals surface area contributed by atoms with E-state index in [1.165, 1.54) is 18.6 Å². The molecule has 0 bridgehead atoms. The van der Waals surface area contributed by atoms with Crippen molar-refractivity contribution in [3.8, 4) is 0 Å². The van der Waals surface area contributed by atoms with Gasteiger partial charge in [0.05, 0.1) is 10.6 Å². The Hall–Kier alpha value is -1.50. The van der Waals surface area contributed by atoms with Crippen LogP contribution >= 0.6 is 0 Å². The highest BCUT2D eigenvalue weighted by Crippen LogP contribution is 2.24. The predicted octanol–water partition coefficient (Wildman–Crippen LogP) is 2.09. The lowest BCUT2D eigenvalue weighted by Crippen LogP contribution is -1.93.